The molecule has 0 spiro atoms. The quantitative estimate of drug-likeness (QED) is 0.483. The van der Waals surface area contributed by atoms with Crippen LogP contribution in [0.3, 0.4) is 0 Å². The maximum Gasteiger partial charge on any atom is 0.222 e. The van der Waals surface area contributed by atoms with Crippen molar-refractivity contribution in [2.75, 3.05) is 6.54 Å². The van der Waals surface area contributed by atoms with Crippen LogP contribution in [0.4, 0.5) is 0 Å². The van der Waals surface area contributed by atoms with Crippen LogP contribution in [0.2, 0.25) is 0 Å². The number of hydrogen-bond acceptors (Lipinski definition) is 5. The molecule has 1 N–H and O–H groups in total. The molecule has 1 unspecified atom stereocenters. The molecule has 5 rings (SSSR count). The smallest absolute Gasteiger partial charge is 0.222 e. The number of carbonyl (C=O) groups is 2. The second-order valence-electron chi connectivity index (χ2n) is 7.91. The Morgan fingerprint density at radius 2 is 1.94 bits per heavy atom. The minimum absolute atomic E-state index is 0.0104. The molecule has 1 atom stereocenters. The summed E-state index contributed by atoms with van der Waals surface area (Å²) in [6.45, 7) is 2.48. The van der Waals surface area contributed by atoms with Gasteiger partial charge in [0.15, 0.2) is 10.8 Å². The molecule has 162 valence electrons. The predicted octanol–water partition coefficient (Wildman–Crippen LogP) is 4.71. The Morgan fingerprint density at radius 3 is 2.78 bits per heavy atom. The summed E-state index contributed by atoms with van der Waals surface area (Å²) in [5, 5.41) is 3.76. The standard InChI is InChI=1S/C25H23N3O3S/c1-16(29)28-13-12-17-6-2-3-7-19(17)21(28)14-24(30)26-15-18-10-11-22(31-18)25-27-20-8-4-5-9-23(20)32-25/h2-11,21H,12-15H2,1H3,(H,26,30). The van der Waals surface area contributed by atoms with Crippen LogP contribution in [0.25, 0.3) is 21.0 Å². The third-order valence-electron chi connectivity index (χ3n) is 5.82. The number of para-hydroxylation sites is 1. The molecule has 2 aromatic heterocycles. The van der Waals surface area contributed by atoms with E-state index in [0.29, 0.717) is 18.1 Å². The molecule has 32 heavy (non-hydrogen) atoms. The summed E-state index contributed by atoms with van der Waals surface area (Å²) in [5.41, 5.74) is 3.20. The number of thiazole rings is 1. The highest BCUT2D eigenvalue weighted by molar-refractivity contribution is 7.21. The monoisotopic (exact) mass is 445 g/mol. The molecule has 3 heterocycles. The molecule has 2 aromatic carbocycles. The number of furan rings is 1. The second-order valence-corrected chi connectivity index (χ2v) is 8.94. The minimum Gasteiger partial charge on any atom is -0.457 e. The maximum absolute atomic E-state index is 12.8. The van der Waals surface area contributed by atoms with Crippen molar-refractivity contribution in [3.05, 3.63) is 77.6 Å². The van der Waals surface area contributed by atoms with Gasteiger partial charge in [-0.3, -0.25) is 9.59 Å². The second kappa shape index (κ2) is 8.59. The Bertz CT molecular complexity index is 1260. The number of rotatable bonds is 5. The van der Waals surface area contributed by atoms with Gasteiger partial charge in [0.1, 0.15) is 5.76 Å². The van der Waals surface area contributed by atoms with Crippen LogP contribution < -0.4 is 5.32 Å². The van der Waals surface area contributed by atoms with Crippen LogP contribution >= 0.6 is 11.3 Å². The van der Waals surface area contributed by atoms with E-state index in [1.807, 2.05) is 54.6 Å². The van der Waals surface area contributed by atoms with E-state index >= 15 is 0 Å². The molecular weight excluding hydrogens is 422 g/mol. The number of benzene rings is 2. The van der Waals surface area contributed by atoms with Gasteiger partial charge in [0.25, 0.3) is 0 Å². The van der Waals surface area contributed by atoms with Crippen molar-refractivity contribution >= 4 is 33.4 Å². The average Bonchev–Trinajstić information content (AvgIpc) is 3.44. The third-order valence-corrected chi connectivity index (χ3v) is 6.87. The van der Waals surface area contributed by atoms with Crippen molar-refractivity contribution in [1.29, 1.82) is 0 Å². The minimum atomic E-state index is -0.243. The van der Waals surface area contributed by atoms with Crippen LogP contribution in [0.15, 0.2) is 65.1 Å². The number of nitrogens with zero attached hydrogens (tertiary/aromatic N) is 2. The van der Waals surface area contributed by atoms with Gasteiger partial charge in [0, 0.05) is 13.5 Å². The molecule has 0 saturated heterocycles. The van der Waals surface area contributed by atoms with E-state index < -0.39 is 0 Å². The van der Waals surface area contributed by atoms with Gasteiger partial charge in [-0.05, 0) is 41.8 Å². The van der Waals surface area contributed by atoms with E-state index in [0.717, 1.165) is 27.2 Å². The highest BCUT2D eigenvalue weighted by atomic mass is 32.1. The summed E-state index contributed by atoms with van der Waals surface area (Å²) in [6, 6.07) is 19.5. The van der Waals surface area contributed by atoms with Crippen LogP contribution in [-0.2, 0) is 22.6 Å². The first-order valence-electron chi connectivity index (χ1n) is 10.6. The van der Waals surface area contributed by atoms with Crippen LogP contribution in [0, 0.1) is 0 Å². The summed E-state index contributed by atoms with van der Waals surface area (Å²) in [5.74, 6) is 1.24. The Balaban J connectivity index is 1.26. The molecule has 1 aliphatic rings. The number of nitrogens with one attached hydrogen (secondary N) is 1. The molecule has 0 bridgehead atoms. The van der Waals surface area contributed by atoms with Gasteiger partial charge in [-0.15, -0.1) is 11.3 Å². The van der Waals surface area contributed by atoms with E-state index in [1.54, 1.807) is 23.2 Å². The Morgan fingerprint density at radius 1 is 1.12 bits per heavy atom. The molecule has 1 aliphatic heterocycles. The molecule has 7 heteroatoms. The number of carbonyl (C=O) groups excluding carboxylic acids is 2. The van der Waals surface area contributed by atoms with Crippen LogP contribution in [-0.4, -0.2) is 28.2 Å². The van der Waals surface area contributed by atoms with E-state index in [4.69, 9.17) is 4.42 Å². The summed E-state index contributed by atoms with van der Waals surface area (Å²) < 4.78 is 7.03. The fourth-order valence-electron chi connectivity index (χ4n) is 4.25. The lowest BCUT2D eigenvalue weighted by Crippen LogP contribution is -2.41. The fraction of sp³-hybridized carbons (Fsp3) is 0.240. The van der Waals surface area contributed by atoms with Crippen molar-refractivity contribution in [3.8, 4) is 10.8 Å². The lowest BCUT2D eigenvalue weighted by molar-refractivity contribution is -0.133. The Hall–Kier alpha value is -3.45. The normalized spacial score (nSPS) is 15.5. The number of hydrogen-bond donors (Lipinski definition) is 1. The molecule has 6 nitrogen and oxygen atoms in total. The lowest BCUT2D eigenvalue weighted by atomic mass is 9.90. The molecule has 2 amide bonds. The molecule has 4 aromatic rings. The zero-order valence-electron chi connectivity index (χ0n) is 17.7. The third kappa shape index (κ3) is 4.03. The van der Waals surface area contributed by atoms with Crippen molar-refractivity contribution in [1.82, 2.24) is 15.2 Å². The molecule has 0 aliphatic carbocycles. The molecule has 0 fully saturated rings. The number of fused-ring (bicyclic) bond motifs is 2. The predicted molar refractivity (Wildman–Crippen MR) is 124 cm³/mol. The van der Waals surface area contributed by atoms with Gasteiger partial charge in [0.05, 0.1) is 29.2 Å². The topological polar surface area (TPSA) is 75.4 Å². The van der Waals surface area contributed by atoms with Gasteiger partial charge < -0.3 is 14.6 Å². The SMILES string of the molecule is CC(=O)N1CCc2ccccc2C1CC(=O)NCc1ccc(-c2nc3ccccc3s2)o1. The molecule has 0 radical (unpaired) electrons. The largest absolute Gasteiger partial charge is 0.457 e. The highest BCUT2D eigenvalue weighted by Gasteiger charge is 2.30. The van der Waals surface area contributed by atoms with Crippen LogP contribution in [0.1, 0.15) is 36.3 Å². The van der Waals surface area contributed by atoms with Crippen molar-refractivity contribution < 1.29 is 14.0 Å². The summed E-state index contributed by atoms with van der Waals surface area (Å²) in [7, 11) is 0. The van der Waals surface area contributed by atoms with Crippen LogP contribution in [0.5, 0.6) is 0 Å². The summed E-state index contributed by atoms with van der Waals surface area (Å²) in [6.07, 6.45) is 1.04. The number of aromatic nitrogens is 1. The first kappa shape index (κ1) is 20.5. The number of amides is 2. The molecule has 0 saturated carbocycles. The van der Waals surface area contributed by atoms with E-state index in [2.05, 4.69) is 16.4 Å². The van der Waals surface area contributed by atoms with E-state index in [9.17, 15) is 9.59 Å². The maximum atomic E-state index is 12.8. The Kier molecular flexibility index (Phi) is 5.49. The van der Waals surface area contributed by atoms with Gasteiger partial charge in [-0.25, -0.2) is 4.98 Å². The van der Waals surface area contributed by atoms with Gasteiger partial charge in [0.2, 0.25) is 11.8 Å². The van der Waals surface area contributed by atoms with Crippen molar-refractivity contribution in [2.24, 2.45) is 0 Å². The van der Waals surface area contributed by atoms with E-state index in [-0.39, 0.29) is 30.8 Å². The average molecular weight is 446 g/mol. The van der Waals surface area contributed by atoms with Gasteiger partial charge >= 0.3 is 0 Å². The Labute approximate surface area is 189 Å². The zero-order valence-corrected chi connectivity index (χ0v) is 18.5. The first-order valence-corrected chi connectivity index (χ1v) is 11.5. The van der Waals surface area contributed by atoms with Gasteiger partial charge in [-0.1, -0.05) is 36.4 Å². The fourth-order valence-corrected chi connectivity index (χ4v) is 5.18. The highest BCUT2D eigenvalue weighted by Crippen LogP contribution is 2.33. The van der Waals surface area contributed by atoms with Crippen molar-refractivity contribution in [3.63, 3.8) is 0 Å². The summed E-state index contributed by atoms with van der Waals surface area (Å²) >= 11 is 1.58. The molecular formula is C25H23N3O3S. The summed E-state index contributed by atoms with van der Waals surface area (Å²) in [4.78, 5) is 31.3. The zero-order chi connectivity index (χ0) is 22.1. The van der Waals surface area contributed by atoms with Crippen molar-refractivity contribution in [2.45, 2.75) is 32.4 Å². The first-order chi connectivity index (χ1) is 15.6. The lowest BCUT2D eigenvalue weighted by Gasteiger charge is -2.36. The van der Waals surface area contributed by atoms with Gasteiger partial charge in [-0.2, -0.15) is 0 Å². The van der Waals surface area contributed by atoms with E-state index in [1.165, 1.54) is 5.56 Å².